The predicted octanol–water partition coefficient (Wildman–Crippen LogP) is 2.65. The van der Waals surface area contributed by atoms with E-state index >= 15 is 0 Å². The van der Waals surface area contributed by atoms with Crippen LogP contribution >= 0.6 is 0 Å². The monoisotopic (exact) mass is 237 g/mol. The summed E-state index contributed by atoms with van der Waals surface area (Å²) >= 11 is 0. The summed E-state index contributed by atoms with van der Waals surface area (Å²) in [7, 11) is 0. The van der Waals surface area contributed by atoms with Crippen LogP contribution in [0.25, 0.3) is 0 Å². The molecule has 0 aromatic carbocycles. The topological polar surface area (TPSA) is 50.9 Å². The zero-order valence-corrected chi connectivity index (χ0v) is 11.1. The molecule has 0 unspecified atom stereocenters. The molecule has 0 amide bonds. The second-order valence-electron chi connectivity index (χ2n) is 5.55. The quantitative estimate of drug-likeness (QED) is 0.879. The molecule has 0 radical (unpaired) electrons. The Labute approximate surface area is 103 Å². The van der Waals surface area contributed by atoms with Gasteiger partial charge in [0.05, 0.1) is 0 Å². The highest BCUT2D eigenvalue weighted by atomic mass is 16.3. The van der Waals surface area contributed by atoms with Gasteiger partial charge in [0.15, 0.2) is 5.82 Å². The second kappa shape index (κ2) is 5.17. The first-order chi connectivity index (χ1) is 8.13. The van der Waals surface area contributed by atoms with Gasteiger partial charge in [-0.15, -0.1) is 10.2 Å². The largest absolute Gasteiger partial charge is 0.388 e. The summed E-state index contributed by atoms with van der Waals surface area (Å²) in [6.07, 6.45) is 4.98. The van der Waals surface area contributed by atoms with Crippen LogP contribution < -0.4 is 0 Å². The summed E-state index contributed by atoms with van der Waals surface area (Å²) in [6, 6.07) is 0.321. The fourth-order valence-corrected chi connectivity index (χ4v) is 2.80. The smallest absolute Gasteiger partial charge is 0.159 e. The maximum atomic E-state index is 9.30. The molecule has 2 rings (SSSR count). The first kappa shape index (κ1) is 12.6. The van der Waals surface area contributed by atoms with Crippen LogP contribution in [0.4, 0.5) is 0 Å². The molecule has 1 aliphatic carbocycles. The van der Waals surface area contributed by atoms with E-state index in [4.69, 9.17) is 0 Å². The highest BCUT2D eigenvalue weighted by molar-refractivity contribution is 5.04. The summed E-state index contributed by atoms with van der Waals surface area (Å²) in [4.78, 5) is 0. The van der Waals surface area contributed by atoms with Crippen LogP contribution in [-0.2, 0) is 6.61 Å². The molecule has 1 saturated carbocycles. The highest BCUT2D eigenvalue weighted by Crippen LogP contribution is 2.35. The molecule has 0 atom stereocenters. The van der Waals surface area contributed by atoms with Crippen LogP contribution in [0.5, 0.6) is 0 Å². The van der Waals surface area contributed by atoms with Crippen molar-refractivity contribution in [2.75, 3.05) is 0 Å². The fraction of sp³-hybridized carbons (Fsp3) is 0.846. The molecule has 17 heavy (non-hydrogen) atoms. The minimum Gasteiger partial charge on any atom is -0.388 e. The summed E-state index contributed by atoms with van der Waals surface area (Å²) in [5.74, 6) is 3.16. The van der Waals surface area contributed by atoms with Crippen LogP contribution in [0.3, 0.4) is 0 Å². The molecular formula is C13H23N3O. The number of nitrogens with zero attached hydrogens (tertiary/aromatic N) is 3. The average Bonchev–Trinajstić information content (AvgIpc) is 2.73. The van der Waals surface area contributed by atoms with Gasteiger partial charge in [-0.1, -0.05) is 19.8 Å². The number of aliphatic hydroxyl groups is 1. The molecule has 1 aromatic heterocycles. The Morgan fingerprint density at radius 3 is 2.41 bits per heavy atom. The molecule has 1 fully saturated rings. The molecular weight excluding hydrogens is 214 g/mol. The number of aliphatic hydroxyl groups excluding tert-OH is 1. The van der Waals surface area contributed by atoms with E-state index in [0.29, 0.717) is 17.8 Å². The van der Waals surface area contributed by atoms with Crippen molar-refractivity contribution in [3.63, 3.8) is 0 Å². The second-order valence-corrected chi connectivity index (χ2v) is 5.55. The highest BCUT2D eigenvalue weighted by Gasteiger charge is 2.26. The normalized spacial score (nSPS) is 25.5. The SMILES string of the molecule is CC1CCC(c2nnc(CO)n2C(C)C)CC1. The maximum Gasteiger partial charge on any atom is 0.159 e. The Balaban J connectivity index is 2.23. The summed E-state index contributed by atoms with van der Waals surface area (Å²) < 4.78 is 2.11. The van der Waals surface area contributed by atoms with Gasteiger partial charge in [0.25, 0.3) is 0 Å². The van der Waals surface area contributed by atoms with Gasteiger partial charge in [-0.3, -0.25) is 0 Å². The Hall–Kier alpha value is -0.900. The predicted molar refractivity (Wildman–Crippen MR) is 66.7 cm³/mol. The molecule has 96 valence electrons. The van der Waals surface area contributed by atoms with Crippen LogP contribution in [0.15, 0.2) is 0 Å². The van der Waals surface area contributed by atoms with E-state index in [-0.39, 0.29) is 6.61 Å². The Bertz CT molecular complexity index is 365. The molecule has 0 saturated heterocycles. The number of hydrogen-bond acceptors (Lipinski definition) is 3. The third-order valence-electron chi connectivity index (χ3n) is 3.83. The van der Waals surface area contributed by atoms with Crippen molar-refractivity contribution in [3.8, 4) is 0 Å². The standard InChI is InChI=1S/C13H23N3O/c1-9(2)16-12(8-17)14-15-13(16)11-6-4-10(3)5-7-11/h9-11,17H,4-8H2,1-3H3. The van der Waals surface area contributed by atoms with E-state index in [1.165, 1.54) is 25.7 Å². The van der Waals surface area contributed by atoms with E-state index in [1.54, 1.807) is 0 Å². The minimum absolute atomic E-state index is 0.0195. The number of rotatable bonds is 3. The van der Waals surface area contributed by atoms with Crippen molar-refractivity contribution in [1.29, 1.82) is 0 Å². The number of hydrogen-bond donors (Lipinski definition) is 1. The molecule has 0 aliphatic heterocycles. The molecule has 1 aromatic rings. The van der Waals surface area contributed by atoms with Gasteiger partial charge in [0.2, 0.25) is 0 Å². The number of aromatic nitrogens is 3. The van der Waals surface area contributed by atoms with Crippen molar-refractivity contribution in [2.24, 2.45) is 5.92 Å². The van der Waals surface area contributed by atoms with Crippen molar-refractivity contribution in [1.82, 2.24) is 14.8 Å². The molecule has 4 nitrogen and oxygen atoms in total. The van der Waals surface area contributed by atoms with E-state index in [1.807, 2.05) is 0 Å². The first-order valence-corrected chi connectivity index (χ1v) is 6.68. The van der Waals surface area contributed by atoms with Crippen molar-refractivity contribution >= 4 is 0 Å². The van der Waals surface area contributed by atoms with E-state index < -0.39 is 0 Å². The lowest BCUT2D eigenvalue weighted by Gasteiger charge is -2.26. The maximum absolute atomic E-state index is 9.30. The molecule has 0 bridgehead atoms. The zero-order chi connectivity index (χ0) is 12.4. The van der Waals surface area contributed by atoms with Crippen molar-refractivity contribution in [3.05, 3.63) is 11.6 Å². The third kappa shape index (κ3) is 2.51. The van der Waals surface area contributed by atoms with E-state index in [9.17, 15) is 5.11 Å². The van der Waals surface area contributed by atoms with Crippen LogP contribution in [0.1, 0.15) is 70.1 Å². The molecule has 4 heteroatoms. The van der Waals surface area contributed by atoms with Crippen LogP contribution in [-0.4, -0.2) is 19.9 Å². The van der Waals surface area contributed by atoms with Gasteiger partial charge in [-0.2, -0.15) is 0 Å². The first-order valence-electron chi connectivity index (χ1n) is 6.68. The minimum atomic E-state index is -0.0195. The third-order valence-corrected chi connectivity index (χ3v) is 3.83. The van der Waals surface area contributed by atoms with Gasteiger partial charge in [-0.05, 0) is 32.6 Å². The van der Waals surface area contributed by atoms with Crippen LogP contribution in [0, 0.1) is 5.92 Å². The molecule has 1 heterocycles. The Morgan fingerprint density at radius 2 is 1.88 bits per heavy atom. The lowest BCUT2D eigenvalue weighted by atomic mass is 9.82. The van der Waals surface area contributed by atoms with Gasteiger partial charge in [-0.25, -0.2) is 0 Å². The fourth-order valence-electron chi connectivity index (χ4n) is 2.80. The molecule has 1 aliphatic rings. The summed E-state index contributed by atoms with van der Waals surface area (Å²) in [5, 5.41) is 17.7. The van der Waals surface area contributed by atoms with Gasteiger partial charge in [0.1, 0.15) is 12.4 Å². The van der Waals surface area contributed by atoms with Crippen molar-refractivity contribution in [2.45, 2.75) is 65.0 Å². The zero-order valence-electron chi connectivity index (χ0n) is 11.1. The van der Waals surface area contributed by atoms with Gasteiger partial charge >= 0.3 is 0 Å². The average molecular weight is 237 g/mol. The lowest BCUT2D eigenvalue weighted by Crippen LogP contribution is -2.18. The Kier molecular flexibility index (Phi) is 3.82. The van der Waals surface area contributed by atoms with Gasteiger partial charge < -0.3 is 9.67 Å². The Morgan fingerprint density at radius 1 is 1.24 bits per heavy atom. The lowest BCUT2D eigenvalue weighted by molar-refractivity contribution is 0.259. The summed E-state index contributed by atoms with van der Waals surface area (Å²) in [5.41, 5.74) is 0. The van der Waals surface area contributed by atoms with Crippen LogP contribution in [0.2, 0.25) is 0 Å². The van der Waals surface area contributed by atoms with Crippen molar-refractivity contribution < 1.29 is 5.11 Å². The molecule has 0 spiro atoms. The molecule has 1 N–H and O–H groups in total. The van der Waals surface area contributed by atoms with E-state index in [0.717, 1.165) is 11.7 Å². The van der Waals surface area contributed by atoms with Gasteiger partial charge in [0, 0.05) is 12.0 Å². The summed E-state index contributed by atoms with van der Waals surface area (Å²) in [6.45, 7) is 6.55. The van der Waals surface area contributed by atoms with E-state index in [2.05, 4.69) is 35.5 Å².